The molecule has 0 saturated heterocycles. The average molecular weight is 312 g/mol. The maximum atomic E-state index is 11.8. The molecule has 0 unspecified atom stereocenters. The van der Waals surface area contributed by atoms with Gasteiger partial charge in [0.25, 0.3) is 0 Å². The molecule has 18 heavy (non-hydrogen) atoms. The van der Waals surface area contributed by atoms with Crippen molar-refractivity contribution in [1.82, 2.24) is 4.57 Å². The number of nitrogens with zero attached hydrogens (tertiary/aromatic N) is 1. The number of benzene rings is 1. The first-order valence-corrected chi connectivity index (χ1v) is 5.51. The SMILES string of the molecule is Br.CCCn1c(C(=O)O)cc(=O)c2ccccc21. The van der Waals surface area contributed by atoms with Crippen LogP contribution in [0.2, 0.25) is 0 Å². The number of fused-ring (bicyclic) bond motifs is 1. The second kappa shape index (κ2) is 5.82. The van der Waals surface area contributed by atoms with E-state index in [-0.39, 0.29) is 28.1 Å². The van der Waals surface area contributed by atoms with Gasteiger partial charge in [-0.15, -0.1) is 17.0 Å². The number of aromatic nitrogens is 1. The van der Waals surface area contributed by atoms with Crippen LogP contribution in [0.5, 0.6) is 0 Å². The first-order chi connectivity index (χ1) is 8.15. The second-order valence-electron chi connectivity index (χ2n) is 3.87. The van der Waals surface area contributed by atoms with Crippen molar-refractivity contribution in [3.05, 3.63) is 46.2 Å². The molecule has 0 aliphatic heterocycles. The summed E-state index contributed by atoms with van der Waals surface area (Å²) in [5, 5.41) is 9.68. The first-order valence-electron chi connectivity index (χ1n) is 5.51. The molecule has 0 fully saturated rings. The molecule has 0 aliphatic rings. The summed E-state index contributed by atoms with van der Waals surface area (Å²) >= 11 is 0. The highest BCUT2D eigenvalue weighted by Crippen LogP contribution is 2.13. The minimum absolute atomic E-state index is 0. The summed E-state index contributed by atoms with van der Waals surface area (Å²) in [4.78, 5) is 22.9. The van der Waals surface area contributed by atoms with Gasteiger partial charge in [0.15, 0.2) is 5.43 Å². The highest BCUT2D eigenvalue weighted by atomic mass is 79.9. The van der Waals surface area contributed by atoms with Crippen LogP contribution in [0.15, 0.2) is 35.1 Å². The van der Waals surface area contributed by atoms with Gasteiger partial charge < -0.3 is 9.67 Å². The number of aromatic carboxylic acids is 1. The Labute approximate surface area is 115 Å². The van der Waals surface area contributed by atoms with Gasteiger partial charge in [-0.1, -0.05) is 19.1 Å². The summed E-state index contributed by atoms with van der Waals surface area (Å²) in [7, 11) is 0. The lowest BCUT2D eigenvalue weighted by Crippen LogP contribution is -2.18. The molecular formula is C13H14BrNO3. The number of para-hydroxylation sites is 1. The highest BCUT2D eigenvalue weighted by Gasteiger charge is 2.13. The molecule has 0 spiro atoms. The molecule has 96 valence electrons. The van der Waals surface area contributed by atoms with E-state index in [1.165, 1.54) is 6.07 Å². The quantitative estimate of drug-likeness (QED) is 0.948. The number of carboxylic acids is 1. The van der Waals surface area contributed by atoms with E-state index in [0.717, 1.165) is 6.42 Å². The molecular weight excluding hydrogens is 298 g/mol. The molecule has 1 heterocycles. The fourth-order valence-electron chi connectivity index (χ4n) is 1.97. The van der Waals surface area contributed by atoms with Crippen LogP contribution in [0.25, 0.3) is 10.9 Å². The monoisotopic (exact) mass is 311 g/mol. The number of hydrogen-bond donors (Lipinski definition) is 1. The summed E-state index contributed by atoms with van der Waals surface area (Å²) in [6.07, 6.45) is 0.813. The van der Waals surface area contributed by atoms with Gasteiger partial charge >= 0.3 is 5.97 Å². The first kappa shape index (κ1) is 14.4. The van der Waals surface area contributed by atoms with Gasteiger partial charge in [-0.05, 0) is 18.6 Å². The van der Waals surface area contributed by atoms with E-state index in [4.69, 9.17) is 5.11 Å². The molecule has 0 bridgehead atoms. The van der Waals surface area contributed by atoms with E-state index < -0.39 is 5.97 Å². The molecule has 2 aromatic rings. The van der Waals surface area contributed by atoms with E-state index in [2.05, 4.69) is 0 Å². The fourth-order valence-corrected chi connectivity index (χ4v) is 1.97. The maximum Gasteiger partial charge on any atom is 0.352 e. The number of rotatable bonds is 3. The maximum absolute atomic E-state index is 11.8. The fraction of sp³-hybridized carbons (Fsp3) is 0.231. The van der Waals surface area contributed by atoms with Crippen LogP contribution in [0.3, 0.4) is 0 Å². The largest absolute Gasteiger partial charge is 0.477 e. The molecule has 0 saturated carbocycles. The van der Waals surface area contributed by atoms with Crippen molar-refractivity contribution in [3.8, 4) is 0 Å². The molecule has 0 radical (unpaired) electrons. The number of pyridine rings is 1. The van der Waals surface area contributed by atoms with E-state index in [1.807, 2.05) is 6.92 Å². The zero-order chi connectivity index (χ0) is 12.4. The normalized spacial score (nSPS) is 10.1. The van der Waals surface area contributed by atoms with Crippen LogP contribution < -0.4 is 5.43 Å². The van der Waals surface area contributed by atoms with E-state index in [9.17, 15) is 9.59 Å². The Hall–Kier alpha value is -1.62. The van der Waals surface area contributed by atoms with Crippen molar-refractivity contribution in [2.45, 2.75) is 19.9 Å². The zero-order valence-corrected chi connectivity index (χ0v) is 11.6. The molecule has 5 heteroatoms. The number of carbonyl (C=O) groups is 1. The van der Waals surface area contributed by atoms with Gasteiger partial charge in [0, 0.05) is 18.0 Å². The van der Waals surface area contributed by atoms with Crippen molar-refractivity contribution in [1.29, 1.82) is 0 Å². The van der Waals surface area contributed by atoms with Crippen LogP contribution in [0.4, 0.5) is 0 Å². The van der Waals surface area contributed by atoms with Crippen LogP contribution in [0.1, 0.15) is 23.8 Å². The highest BCUT2D eigenvalue weighted by molar-refractivity contribution is 8.93. The standard InChI is InChI=1S/C13H13NO3.BrH/c1-2-7-14-10-6-4-3-5-9(10)12(15)8-11(14)13(16)17;/h3-6,8H,2,7H2,1H3,(H,16,17);1H. The minimum atomic E-state index is -1.07. The molecule has 1 aromatic carbocycles. The molecule has 1 N–H and O–H groups in total. The Morgan fingerprint density at radius 1 is 1.33 bits per heavy atom. The number of halogens is 1. The number of carboxylic acid groups (broad SMARTS) is 1. The summed E-state index contributed by atoms with van der Waals surface area (Å²) in [6.45, 7) is 2.56. The lowest BCUT2D eigenvalue weighted by atomic mass is 10.1. The molecule has 0 atom stereocenters. The second-order valence-corrected chi connectivity index (χ2v) is 3.87. The van der Waals surface area contributed by atoms with Gasteiger partial charge in [-0.25, -0.2) is 4.79 Å². The topological polar surface area (TPSA) is 59.3 Å². The van der Waals surface area contributed by atoms with Crippen molar-refractivity contribution >= 4 is 33.9 Å². The van der Waals surface area contributed by atoms with E-state index >= 15 is 0 Å². The Bertz CT molecular complexity index is 634. The van der Waals surface area contributed by atoms with Crippen LogP contribution in [0, 0.1) is 0 Å². The van der Waals surface area contributed by atoms with Gasteiger partial charge in [0.2, 0.25) is 0 Å². The Morgan fingerprint density at radius 2 is 2.00 bits per heavy atom. The van der Waals surface area contributed by atoms with Crippen molar-refractivity contribution < 1.29 is 9.90 Å². The minimum Gasteiger partial charge on any atom is -0.477 e. The van der Waals surface area contributed by atoms with Crippen LogP contribution in [-0.2, 0) is 6.54 Å². The zero-order valence-electron chi connectivity index (χ0n) is 9.92. The molecule has 4 nitrogen and oxygen atoms in total. The van der Waals surface area contributed by atoms with Crippen molar-refractivity contribution in [3.63, 3.8) is 0 Å². The predicted octanol–water partition coefficient (Wildman–Crippen LogP) is 2.69. The van der Waals surface area contributed by atoms with E-state index in [1.54, 1.807) is 28.8 Å². The number of hydrogen-bond acceptors (Lipinski definition) is 2. The van der Waals surface area contributed by atoms with Crippen molar-refractivity contribution in [2.75, 3.05) is 0 Å². The lowest BCUT2D eigenvalue weighted by molar-refractivity contribution is 0.0684. The van der Waals surface area contributed by atoms with Crippen LogP contribution in [-0.4, -0.2) is 15.6 Å². The number of aryl methyl sites for hydroxylation is 1. The summed E-state index contributed by atoms with van der Waals surface area (Å²) in [5.74, 6) is -1.07. The Balaban J connectivity index is 0.00000162. The Morgan fingerprint density at radius 3 is 2.61 bits per heavy atom. The summed E-state index contributed by atoms with van der Waals surface area (Å²) < 4.78 is 1.68. The third-order valence-corrected chi connectivity index (χ3v) is 2.69. The predicted molar refractivity (Wildman–Crippen MR) is 75.8 cm³/mol. The van der Waals surface area contributed by atoms with Crippen LogP contribution >= 0.6 is 17.0 Å². The van der Waals surface area contributed by atoms with E-state index in [0.29, 0.717) is 17.4 Å². The van der Waals surface area contributed by atoms with Crippen molar-refractivity contribution in [2.24, 2.45) is 0 Å². The summed E-state index contributed by atoms with van der Waals surface area (Å²) in [6, 6.07) is 8.27. The molecule has 0 amide bonds. The van der Waals surface area contributed by atoms with Gasteiger partial charge in [-0.2, -0.15) is 0 Å². The molecule has 2 rings (SSSR count). The van der Waals surface area contributed by atoms with Gasteiger partial charge in [-0.3, -0.25) is 4.79 Å². The third kappa shape index (κ3) is 2.46. The summed E-state index contributed by atoms with van der Waals surface area (Å²) in [5.41, 5.74) is 0.486. The van der Waals surface area contributed by atoms with Gasteiger partial charge in [0.1, 0.15) is 5.69 Å². The average Bonchev–Trinajstić information content (AvgIpc) is 2.32. The smallest absolute Gasteiger partial charge is 0.352 e. The molecule has 0 aliphatic carbocycles. The Kier molecular flexibility index (Phi) is 4.67. The molecule has 1 aromatic heterocycles. The third-order valence-electron chi connectivity index (χ3n) is 2.69. The lowest BCUT2D eigenvalue weighted by Gasteiger charge is -2.13. The van der Waals surface area contributed by atoms with Gasteiger partial charge in [0.05, 0.1) is 5.52 Å².